The molecule has 1 unspecified atom stereocenters. The van der Waals surface area contributed by atoms with Crippen molar-refractivity contribution in [3.8, 4) is 11.5 Å². The maximum Gasteiger partial charge on any atom is 0.257 e. The van der Waals surface area contributed by atoms with Crippen molar-refractivity contribution in [2.45, 2.75) is 33.1 Å². The Morgan fingerprint density at radius 3 is 2.48 bits per heavy atom. The van der Waals surface area contributed by atoms with E-state index >= 15 is 0 Å². The Labute approximate surface area is 174 Å². The molecule has 0 aliphatic heterocycles. The Hall–Kier alpha value is -2.93. The highest BCUT2D eigenvalue weighted by Gasteiger charge is 2.15. The smallest absolute Gasteiger partial charge is 0.257 e. The fourth-order valence-electron chi connectivity index (χ4n) is 2.91. The molecule has 0 bridgehead atoms. The van der Waals surface area contributed by atoms with E-state index in [0.717, 1.165) is 11.4 Å². The molecule has 152 valence electrons. The monoisotopic (exact) mass is 411 g/mol. The number of benzene rings is 2. The van der Waals surface area contributed by atoms with Crippen molar-refractivity contribution in [3.63, 3.8) is 0 Å². The van der Waals surface area contributed by atoms with Gasteiger partial charge in [-0.2, -0.15) is 0 Å². The molecule has 3 rings (SSSR count). The van der Waals surface area contributed by atoms with Crippen LogP contribution in [0.1, 0.15) is 47.6 Å². The molecule has 0 saturated carbocycles. The molecule has 1 atom stereocenters. The molecule has 0 fully saturated rings. The number of anilines is 1. The quantitative estimate of drug-likeness (QED) is 0.540. The highest BCUT2D eigenvalue weighted by molar-refractivity contribution is 7.15. The van der Waals surface area contributed by atoms with E-state index in [9.17, 15) is 4.79 Å². The van der Waals surface area contributed by atoms with Gasteiger partial charge in [-0.25, -0.2) is 0 Å². The number of nitrogens with one attached hydrogen (secondary N) is 1. The lowest BCUT2D eigenvalue weighted by Crippen LogP contribution is -2.12. The van der Waals surface area contributed by atoms with Crippen LogP contribution in [-0.2, 0) is 6.42 Å². The van der Waals surface area contributed by atoms with Gasteiger partial charge < -0.3 is 9.47 Å². The summed E-state index contributed by atoms with van der Waals surface area (Å²) in [7, 11) is 0. The van der Waals surface area contributed by atoms with Gasteiger partial charge in [0, 0.05) is 12.0 Å². The van der Waals surface area contributed by atoms with Crippen LogP contribution in [0, 0.1) is 0 Å². The predicted molar refractivity (Wildman–Crippen MR) is 115 cm³/mol. The summed E-state index contributed by atoms with van der Waals surface area (Å²) in [6.07, 6.45) is 0.773. The van der Waals surface area contributed by atoms with Crippen molar-refractivity contribution >= 4 is 22.4 Å². The van der Waals surface area contributed by atoms with Crippen molar-refractivity contribution in [2.24, 2.45) is 0 Å². The summed E-state index contributed by atoms with van der Waals surface area (Å²) in [6.45, 7) is 6.97. The normalized spacial score (nSPS) is 11.7. The lowest BCUT2D eigenvalue weighted by atomic mass is 9.98. The van der Waals surface area contributed by atoms with Gasteiger partial charge in [-0.3, -0.25) is 10.1 Å². The number of rotatable bonds is 9. The molecule has 1 heterocycles. The van der Waals surface area contributed by atoms with E-state index in [-0.39, 0.29) is 5.91 Å². The number of aromatic nitrogens is 2. The third-order valence-electron chi connectivity index (χ3n) is 4.34. The van der Waals surface area contributed by atoms with Crippen LogP contribution >= 0.6 is 11.3 Å². The molecule has 1 amide bonds. The Balaban J connectivity index is 1.66. The topological polar surface area (TPSA) is 73.3 Å². The molecule has 0 aliphatic carbocycles. The molecular formula is C22H25N3O3S. The van der Waals surface area contributed by atoms with Gasteiger partial charge in [-0.15, -0.1) is 10.2 Å². The molecule has 1 N–H and O–H groups in total. The first-order valence-corrected chi connectivity index (χ1v) is 10.5. The summed E-state index contributed by atoms with van der Waals surface area (Å²) in [4.78, 5) is 12.6. The maximum absolute atomic E-state index is 12.6. The van der Waals surface area contributed by atoms with E-state index in [4.69, 9.17) is 9.47 Å². The Kier molecular flexibility index (Phi) is 7.19. The number of carbonyl (C=O) groups excluding carboxylic acids is 1. The van der Waals surface area contributed by atoms with E-state index in [1.165, 1.54) is 16.9 Å². The number of hydrogen-bond donors (Lipinski definition) is 1. The summed E-state index contributed by atoms with van der Waals surface area (Å²) in [5.41, 5.74) is 1.73. The molecule has 0 aliphatic rings. The molecule has 7 heteroatoms. The second-order valence-corrected chi connectivity index (χ2v) is 7.56. The minimum atomic E-state index is -0.257. The zero-order valence-electron chi connectivity index (χ0n) is 16.8. The van der Waals surface area contributed by atoms with Gasteiger partial charge in [0.05, 0.1) is 13.2 Å². The number of hydrogen-bond acceptors (Lipinski definition) is 6. The fourth-order valence-corrected chi connectivity index (χ4v) is 3.77. The van der Waals surface area contributed by atoms with Crippen molar-refractivity contribution in [2.75, 3.05) is 18.5 Å². The van der Waals surface area contributed by atoms with Crippen LogP contribution in [0.2, 0.25) is 0 Å². The molecule has 6 nitrogen and oxygen atoms in total. The zero-order valence-corrected chi connectivity index (χ0v) is 17.7. The third-order valence-corrected chi connectivity index (χ3v) is 5.20. The van der Waals surface area contributed by atoms with Gasteiger partial charge in [0.2, 0.25) is 5.13 Å². The van der Waals surface area contributed by atoms with Crippen molar-refractivity contribution in [3.05, 3.63) is 64.7 Å². The Bertz CT molecular complexity index is 943. The largest absolute Gasteiger partial charge is 0.490 e. The van der Waals surface area contributed by atoms with Crippen molar-refractivity contribution in [1.82, 2.24) is 10.2 Å². The van der Waals surface area contributed by atoms with E-state index in [2.05, 4.69) is 34.6 Å². The molecular weight excluding hydrogens is 386 g/mol. The average Bonchev–Trinajstić information content (AvgIpc) is 3.17. The van der Waals surface area contributed by atoms with Gasteiger partial charge in [0.25, 0.3) is 5.91 Å². The summed E-state index contributed by atoms with van der Waals surface area (Å²) in [5.74, 6) is 1.25. The molecule has 1 aromatic heterocycles. The van der Waals surface area contributed by atoms with Crippen LogP contribution in [0.15, 0.2) is 48.5 Å². The van der Waals surface area contributed by atoms with Crippen molar-refractivity contribution in [1.29, 1.82) is 0 Å². The minimum absolute atomic E-state index is 0.257. The van der Waals surface area contributed by atoms with Crippen molar-refractivity contribution < 1.29 is 14.3 Å². The molecule has 0 saturated heterocycles. The second-order valence-electron chi connectivity index (χ2n) is 6.50. The zero-order chi connectivity index (χ0) is 20.6. The summed E-state index contributed by atoms with van der Waals surface area (Å²) in [5, 5.41) is 12.5. The molecule has 0 radical (unpaired) electrons. The van der Waals surface area contributed by atoms with E-state index in [0.29, 0.717) is 41.3 Å². The molecule has 0 spiro atoms. The first-order chi connectivity index (χ1) is 14.1. The van der Waals surface area contributed by atoms with Crippen LogP contribution < -0.4 is 14.8 Å². The summed E-state index contributed by atoms with van der Waals surface area (Å²) in [6, 6.07) is 15.4. The van der Waals surface area contributed by atoms with Crippen LogP contribution in [0.3, 0.4) is 0 Å². The lowest BCUT2D eigenvalue weighted by Gasteiger charge is -2.12. The number of ether oxygens (including phenoxy) is 2. The van der Waals surface area contributed by atoms with Gasteiger partial charge in [0.15, 0.2) is 11.5 Å². The van der Waals surface area contributed by atoms with Crippen LogP contribution in [0.4, 0.5) is 5.13 Å². The van der Waals surface area contributed by atoms with Crippen LogP contribution in [0.25, 0.3) is 0 Å². The van der Waals surface area contributed by atoms with Gasteiger partial charge in [-0.05, 0) is 43.5 Å². The Morgan fingerprint density at radius 1 is 1.03 bits per heavy atom. The predicted octanol–water partition coefficient (Wildman–Crippen LogP) is 4.93. The van der Waals surface area contributed by atoms with Gasteiger partial charge in [-0.1, -0.05) is 48.6 Å². The molecule has 2 aromatic carbocycles. The average molecular weight is 412 g/mol. The Morgan fingerprint density at radius 2 is 1.76 bits per heavy atom. The first-order valence-electron chi connectivity index (χ1n) is 9.69. The van der Waals surface area contributed by atoms with Crippen LogP contribution in [0.5, 0.6) is 11.5 Å². The second kappa shape index (κ2) is 10.0. The number of carbonyl (C=O) groups is 1. The molecule has 29 heavy (non-hydrogen) atoms. The van der Waals surface area contributed by atoms with E-state index in [1.807, 2.05) is 32.0 Å². The third kappa shape index (κ3) is 5.54. The maximum atomic E-state index is 12.6. The highest BCUT2D eigenvalue weighted by Crippen LogP contribution is 2.29. The van der Waals surface area contributed by atoms with E-state index in [1.54, 1.807) is 18.2 Å². The summed E-state index contributed by atoms with van der Waals surface area (Å²) >= 11 is 1.39. The highest BCUT2D eigenvalue weighted by atomic mass is 32.1. The van der Waals surface area contributed by atoms with Crippen LogP contribution in [-0.4, -0.2) is 29.3 Å². The van der Waals surface area contributed by atoms with E-state index < -0.39 is 0 Å². The fraction of sp³-hybridized carbons (Fsp3) is 0.318. The number of nitrogens with zero attached hydrogens (tertiary/aromatic N) is 2. The summed E-state index contributed by atoms with van der Waals surface area (Å²) < 4.78 is 11.1. The number of amides is 1. The lowest BCUT2D eigenvalue weighted by molar-refractivity contribution is 0.102. The van der Waals surface area contributed by atoms with Gasteiger partial charge >= 0.3 is 0 Å². The van der Waals surface area contributed by atoms with Gasteiger partial charge in [0.1, 0.15) is 5.01 Å². The SMILES string of the molecule is CCOc1ccc(C(=O)Nc2nnc(CC(C)c3ccccc3)s2)cc1OCC. The minimum Gasteiger partial charge on any atom is -0.490 e. The molecule has 3 aromatic rings. The standard InChI is InChI=1S/C22H25N3O3S/c1-4-27-18-12-11-17(14-19(18)28-5-2)21(26)23-22-25-24-20(29-22)13-15(3)16-9-7-6-8-10-16/h6-12,14-15H,4-5,13H2,1-3H3,(H,23,25,26). The first kappa shape index (κ1) is 20.8.